The third-order valence-corrected chi connectivity index (χ3v) is 10.5. The zero-order valence-electron chi connectivity index (χ0n) is 35.3. The van der Waals surface area contributed by atoms with Gasteiger partial charge >= 0.3 is 22.8 Å². The van der Waals surface area contributed by atoms with E-state index in [1.165, 1.54) is 40.3 Å². The summed E-state index contributed by atoms with van der Waals surface area (Å²) in [5, 5.41) is 16.6. The normalized spacial score (nSPS) is 11.3. The molecule has 0 aliphatic rings. The average molecular weight is 831 g/mol. The fourth-order valence-corrected chi connectivity index (χ4v) is 7.14. The lowest BCUT2D eigenvalue weighted by Gasteiger charge is -2.08. The molecule has 0 atom stereocenters. The van der Waals surface area contributed by atoms with Crippen molar-refractivity contribution in [1.82, 2.24) is 57.7 Å². The Balaban J connectivity index is 0.000000184. The third kappa shape index (κ3) is 8.88. The number of unbranched alkanes of at least 4 members (excludes halogenated alkanes) is 1. The molecule has 6 heterocycles. The first-order valence-corrected chi connectivity index (χ1v) is 20.3. The van der Waals surface area contributed by atoms with Gasteiger partial charge in [-0.05, 0) is 51.7 Å². The summed E-state index contributed by atoms with van der Waals surface area (Å²) in [7, 11) is 0. The van der Waals surface area contributed by atoms with Crippen molar-refractivity contribution in [3.05, 3.63) is 173 Å². The van der Waals surface area contributed by atoms with Gasteiger partial charge in [-0.15, -0.1) is 0 Å². The molecule has 8 aromatic rings. The van der Waals surface area contributed by atoms with Crippen molar-refractivity contribution in [2.24, 2.45) is 0 Å². The van der Waals surface area contributed by atoms with Gasteiger partial charge in [-0.25, -0.2) is 47.0 Å². The summed E-state index contributed by atoms with van der Waals surface area (Å²) < 4.78 is 22.2. The van der Waals surface area contributed by atoms with Crippen molar-refractivity contribution in [2.75, 3.05) is 0 Å². The van der Waals surface area contributed by atoms with Crippen LogP contribution in [-0.2, 0) is 39.3 Å². The van der Waals surface area contributed by atoms with Gasteiger partial charge in [-0.1, -0.05) is 91.2 Å². The van der Waals surface area contributed by atoms with Crippen LogP contribution in [0.1, 0.15) is 78.3 Å². The second-order valence-electron chi connectivity index (χ2n) is 14.9. The Hall–Kier alpha value is -7.24. The van der Waals surface area contributed by atoms with Crippen LogP contribution in [0.25, 0.3) is 11.4 Å². The van der Waals surface area contributed by atoms with Crippen molar-refractivity contribution in [1.29, 1.82) is 0 Å². The Morgan fingerprint density at radius 2 is 0.918 bits per heavy atom. The van der Waals surface area contributed by atoms with Crippen molar-refractivity contribution >= 4 is 0 Å². The second-order valence-corrected chi connectivity index (χ2v) is 14.9. The van der Waals surface area contributed by atoms with Gasteiger partial charge < -0.3 is 9.05 Å². The monoisotopic (exact) mass is 830 g/mol. The van der Waals surface area contributed by atoms with Gasteiger partial charge in [0.05, 0.1) is 61.3 Å². The molecule has 0 spiro atoms. The number of benzene rings is 2. The van der Waals surface area contributed by atoms with E-state index in [4.69, 9.17) is 9.05 Å². The number of aromatic nitrogens is 12. The highest BCUT2D eigenvalue weighted by atomic mass is 16.5. The zero-order valence-corrected chi connectivity index (χ0v) is 35.3. The summed E-state index contributed by atoms with van der Waals surface area (Å²) in [5.74, 6) is 1.45. The molecular weight excluding hydrogens is 781 g/mol. The van der Waals surface area contributed by atoms with E-state index < -0.39 is 0 Å². The molecule has 0 aliphatic heterocycles. The molecule has 61 heavy (non-hydrogen) atoms. The summed E-state index contributed by atoms with van der Waals surface area (Å²) >= 11 is 0. The number of hydrogen-bond donors (Lipinski definition) is 0. The predicted octanol–water partition coefficient (Wildman–Crippen LogP) is 4.61. The largest absolute Gasteiger partial charge is 0.361 e. The van der Waals surface area contributed by atoms with E-state index in [0.29, 0.717) is 50.6 Å². The third-order valence-electron chi connectivity index (χ3n) is 10.5. The highest BCUT2D eigenvalue weighted by molar-refractivity contribution is 5.28. The van der Waals surface area contributed by atoms with Gasteiger partial charge in [0.2, 0.25) is 0 Å². The fraction of sp³-hybridized carbons (Fsp3) is 0.349. The Morgan fingerprint density at radius 1 is 0.508 bits per heavy atom. The number of rotatable bonds is 15. The maximum Gasteiger partial charge on any atom is 0.352 e. The molecule has 0 N–H and O–H groups in total. The van der Waals surface area contributed by atoms with Crippen LogP contribution in [-0.4, -0.2) is 57.7 Å². The predicted molar refractivity (Wildman–Crippen MR) is 227 cm³/mol. The molecule has 6 aromatic heterocycles. The minimum Gasteiger partial charge on any atom is -0.361 e. The Bertz CT molecular complexity index is 2920. The summed E-state index contributed by atoms with van der Waals surface area (Å²) in [6.07, 6.45) is 8.94. The molecule has 318 valence electrons. The first kappa shape index (κ1) is 41.9. The lowest BCUT2D eigenvalue weighted by atomic mass is 10.2. The molecule has 18 heteroatoms. The Kier molecular flexibility index (Phi) is 12.6. The first-order chi connectivity index (χ1) is 29.5. The minimum atomic E-state index is -0.380. The van der Waals surface area contributed by atoms with Gasteiger partial charge in [0.25, 0.3) is 0 Å². The molecule has 0 amide bonds. The highest BCUT2D eigenvalue weighted by Crippen LogP contribution is 2.16. The van der Waals surface area contributed by atoms with Crippen LogP contribution in [0.4, 0.5) is 0 Å². The molecular formula is C43H50N12O6. The van der Waals surface area contributed by atoms with Crippen LogP contribution < -0.4 is 22.8 Å². The Labute approximate surface area is 350 Å². The van der Waals surface area contributed by atoms with Crippen LogP contribution in [0.3, 0.4) is 0 Å². The number of hydrogen-bond acceptors (Lipinski definition) is 10. The number of aryl methyl sites for hydroxylation is 4. The maximum atomic E-state index is 13.3. The minimum absolute atomic E-state index is 0.329. The molecule has 0 aliphatic carbocycles. The van der Waals surface area contributed by atoms with E-state index in [9.17, 15) is 19.2 Å². The van der Waals surface area contributed by atoms with Gasteiger partial charge in [0.15, 0.2) is 0 Å². The second kappa shape index (κ2) is 18.4. The fourth-order valence-electron chi connectivity index (χ4n) is 7.14. The molecule has 0 bridgehead atoms. The summed E-state index contributed by atoms with van der Waals surface area (Å²) in [6.45, 7) is 14.0. The van der Waals surface area contributed by atoms with Crippen LogP contribution in [0, 0.1) is 27.7 Å². The lowest BCUT2D eigenvalue weighted by molar-refractivity contribution is 0.391. The van der Waals surface area contributed by atoms with E-state index in [-0.39, 0.29) is 22.8 Å². The van der Waals surface area contributed by atoms with E-state index in [1.54, 1.807) is 21.8 Å². The van der Waals surface area contributed by atoms with E-state index in [2.05, 4.69) is 27.4 Å². The summed E-state index contributed by atoms with van der Waals surface area (Å²) in [4.78, 5) is 52.7. The van der Waals surface area contributed by atoms with Gasteiger partial charge in [0, 0.05) is 36.6 Å². The van der Waals surface area contributed by atoms with Crippen molar-refractivity contribution in [2.45, 2.75) is 100 Å². The molecule has 2 aromatic carbocycles. The van der Waals surface area contributed by atoms with Crippen molar-refractivity contribution in [3.8, 4) is 11.4 Å². The molecule has 0 saturated heterocycles. The summed E-state index contributed by atoms with van der Waals surface area (Å²) in [5.41, 5.74) is 4.77. The maximum absolute atomic E-state index is 13.3. The molecule has 0 radical (unpaired) electrons. The lowest BCUT2D eigenvalue weighted by Crippen LogP contribution is -2.27. The zero-order chi connectivity index (χ0) is 43.2. The average Bonchev–Trinajstić information content (AvgIpc) is 4.12. The molecule has 8 rings (SSSR count). The van der Waals surface area contributed by atoms with Gasteiger partial charge in [-0.3, -0.25) is 9.36 Å². The van der Waals surface area contributed by atoms with Crippen molar-refractivity contribution in [3.63, 3.8) is 0 Å². The van der Waals surface area contributed by atoms with Crippen molar-refractivity contribution < 1.29 is 9.05 Å². The van der Waals surface area contributed by atoms with E-state index in [1.807, 2.05) is 95.3 Å². The molecule has 0 fully saturated rings. The standard InChI is InChI=1S/C22H26N6O3.C21H24N6O3/c1-4-5-11-26-21(29)28(22(30)27(26)13-18-9-7-6-8-10-18)19-12-23-25(14-19)15-20-16(2)24-31-17(20)3;1-4-10-25-20(28)27(21(29)26(25)12-17-8-6-5-7-9-17)18-11-22-24(13-18)14-19-15(2)23-30-16(19)3/h6-10,12,14H,4-5,11,13,15H2,1-3H3;5-9,11,13H,4,10,12,14H2,1-3H3. The molecule has 18 nitrogen and oxygen atoms in total. The van der Waals surface area contributed by atoms with Gasteiger partial charge in [0.1, 0.15) is 11.5 Å². The Morgan fingerprint density at radius 3 is 1.30 bits per heavy atom. The summed E-state index contributed by atoms with van der Waals surface area (Å²) in [6, 6.07) is 19.3. The first-order valence-electron chi connectivity index (χ1n) is 20.3. The van der Waals surface area contributed by atoms with E-state index >= 15 is 0 Å². The topological polar surface area (TPSA) is 186 Å². The van der Waals surface area contributed by atoms with E-state index in [0.717, 1.165) is 64.4 Å². The number of nitrogens with zero attached hydrogens (tertiary/aromatic N) is 12. The van der Waals surface area contributed by atoms with Crippen LogP contribution in [0.15, 0.2) is 114 Å². The van der Waals surface area contributed by atoms with Gasteiger partial charge in [-0.2, -0.15) is 10.2 Å². The van der Waals surface area contributed by atoms with Crippen LogP contribution >= 0.6 is 0 Å². The molecule has 0 unspecified atom stereocenters. The van der Waals surface area contributed by atoms with Crippen LogP contribution in [0.2, 0.25) is 0 Å². The smallest absolute Gasteiger partial charge is 0.352 e. The highest BCUT2D eigenvalue weighted by Gasteiger charge is 2.21. The SMILES string of the molecule is CCCCn1c(=O)n(-c2cnn(Cc3c(C)noc3C)c2)c(=O)n1Cc1ccccc1.CCCn1c(=O)n(-c2cnn(Cc3c(C)noc3C)c2)c(=O)n1Cc1ccccc1. The quantitative estimate of drug-likeness (QED) is 0.141. The molecule has 0 saturated carbocycles. The van der Waals surface area contributed by atoms with Crippen LogP contribution in [0.5, 0.6) is 0 Å².